The van der Waals surface area contributed by atoms with E-state index < -0.39 is 0 Å². The second kappa shape index (κ2) is 5.93. The van der Waals surface area contributed by atoms with Crippen molar-refractivity contribution in [1.29, 1.82) is 0 Å². The molecule has 0 bridgehead atoms. The molecule has 0 aromatic heterocycles. The molecule has 1 aromatic rings. The molecule has 1 saturated heterocycles. The number of rotatable bonds is 3. The maximum absolute atomic E-state index is 8.74. The highest BCUT2D eigenvalue weighted by molar-refractivity contribution is 6.30. The first kappa shape index (κ1) is 13.0. The Labute approximate surface area is 110 Å². The van der Waals surface area contributed by atoms with E-state index in [-0.39, 0.29) is 11.9 Å². The Balaban J connectivity index is 2.21. The van der Waals surface area contributed by atoms with Crippen LogP contribution in [0.5, 0.6) is 5.75 Å². The first-order chi connectivity index (χ1) is 8.70. The number of benzene rings is 1. The van der Waals surface area contributed by atoms with Crippen molar-refractivity contribution in [2.45, 2.75) is 18.9 Å². The number of hydrogen-bond donors (Lipinski definition) is 2. The standard InChI is InChI=1S/C12H15ClN2O3/c13-8-1-2-10(12(14)15-16)11(7-8)18-9-3-5-17-6-4-9/h1-2,7,9,16H,3-6H2,(H2,14,15). The van der Waals surface area contributed by atoms with E-state index in [1.165, 1.54) is 0 Å². The highest BCUT2D eigenvalue weighted by Crippen LogP contribution is 2.26. The minimum Gasteiger partial charge on any atom is -0.489 e. The molecule has 3 N–H and O–H groups in total. The third-order valence-corrected chi connectivity index (χ3v) is 3.02. The van der Waals surface area contributed by atoms with Gasteiger partial charge in [-0.15, -0.1) is 0 Å². The van der Waals surface area contributed by atoms with Gasteiger partial charge in [-0.3, -0.25) is 0 Å². The van der Waals surface area contributed by atoms with E-state index in [1.54, 1.807) is 18.2 Å². The minimum absolute atomic E-state index is 0.00808. The lowest BCUT2D eigenvalue weighted by Crippen LogP contribution is -2.27. The third kappa shape index (κ3) is 3.05. The fraction of sp³-hybridized carbons (Fsp3) is 0.417. The summed E-state index contributed by atoms with van der Waals surface area (Å²) in [6.45, 7) is 1.37. The molecule has 98 valence electrons. The molecule has 18 heavy (non-hydrogen) atoms. The van der Waals surface area contributed by atoms with Crippen molar-refractivity contribution < 1.29 is 14.7 Å². The monoisotopic (exact) mass is 270 g/mol. The number of halogens is 1. The Morgan fingerprint density at radius 3 is 2.83 bits per heavy atom. The fourth-order valence-corrected chi connectivity index (χ4v) is 1.99. The Kier molecular flexibility index (Phi) is 4.28. The molecule has 0 aliphatic carbocycles. The second-order valence-corrected chi connectivity index (χ2v) is 4.49. The Morgan fingerprint density at radius 1 is 1.44 bits per heavy atom. The minimum atomic E-state index is 0.00808. The van der Waals surface area contributed by atoms with Gasteiger partial charge >= 0.3 is 0 Å². The molecule has 6 heteroatoms. The molecule has 1 heterocycles. The molecule has 1 aromatic carbocycles. The first-order valence-electron chi connectivity index (χ1n) is 5.72. The van der Waals surface area contributed by atoms with Crippen molar-refractivity contribution in [2.75, 3.05) is 13.2 Å². The predicted octanol–water partition coefficient (Wildman–Crippen LogP) is 1.99. The van der Waals surface area contributed by atoms with Gasteiger partial charge in [0.2, 0.25) is 0 Å². The van der Waals surface area contributed by atoms with Crippen molar-refractivity contribution in [3.8, 4) is 5.75 Å². The van der Waals surface area contributed by atoms with E-state index in [0.29, 0.717) is 29.5 Å². The van der Waals surface area contributed by atoms with Crippen LogP contribution in [0.15, 0.2) is 23.4 Å². The molecule has 0 amide bonds. The number of amidine groups is 1. The molecule has 1 fully saturated rings. The van der Waals surface area contributed by atoms with Crippen LogP contribution in [0.3, 0.4) is 0 Å². The van der Waals surface area contributed by atoms with Gasteiger partial charge in [-0.1, -0.05) is 16.8 Å². The molecule has 0 spiro atoms. The highest BCUT2D eigenvalue weighted by Gasteiger charge is 2.18. The van der Waals surface area contributed by atoms with Crippen molar-refractivity contribution in [3.63, 3.8) is 0 Å². The average molecular weight is 271 g/mol. The molecule has 0 saturated carbocycles. The van der Waals surface area contributed by atoms with E-state index in [0.717, 1.165) is 12.8 Å². The quantitative estimate of drug-likeness (QED) is 0.381. The molecule has 5 nitrogen and oxygen atoms in total. The van der Waals surface area contributed by atoms with Gasteiger partial charge in [0.05, 0.1) is 18.8 Å². The lowest BCUT2D eigenvalue weighted by Gasteiger charge is -2.24. The molecule has 0 radical (unpaired) electrons. The van der Waals surface area contributed by atoms with Gasteiger partial charge in [-0.2, -0.15) is 0 Å². The summed E-state index contributed by atoms with van der Waals surface area (Å²) >= 11 is 5.93. The van der Waals surface area contributed by atoms with Gasteiger partial charge in [0.25, 0.3) is 0 Å². The van der Waals surface area contributed by atoms with Crippen LogP contribution in [0, 0.1) is 0 Å². The summed E-state index contributed by atoms with van der Waals surface area (Å²) in [7, 11) is 0. The van der Waals surface area contributed by atoms with Crippen LogP contribution in [0.4, 0.5) is 0 Å². The van der Waals surface area contributed by atoms with Crippen molar-refractivity contribution >= 4 is 17.4 Å². The molecule has 0 atom stereocenters. The number of nitrogens with zero attached hydrogens (tertiary/aromatic N) is 1. The summed E-state index contributed by atoms with van der Waals surface area (Å²) in [6, 6.07) is 5.02. The van der Waals surface area contributed by atoms with Gasteiger partial charge < -0.3 is 20.4 Å². The highest BCUT2D eigenvalue weighted by atomic mass is 35.5. The lowest BCUT2D eigenvalue weighted by atomic mass is 10.1. The predicted molar refractivity (Wildman–Crippen MR) is 68.4 cm³/mol. The summed E-state index contributed by atoms with van der Waals surface area (Å²) in [6.07, 6.45) is 1.71. The smallest absolute Gasteiger partial charge is 0.173 e. The zero-order valence-electron chi connectivity index (χ0n) is 9.80. The van der Waals surface area contributed by atoms with Gasteiger partial charge in [-0.25, -0.2) is 0 Å². The van der Waals surface area contributed by atoms with Crippen LogP contribution in [0.1, 0.15) is 18.4 Å². The van der Waals surface area contributed by atoms with Crippen LogP contribution in [0.25, 0.3) is 0 Å². The van der Waals surface area contributed by atoms with Crippen LogP contribution in [-0.2, 0) is 4.74 Å². The van der Waals surface area contributed by atoms with Crippen molar-refractivity contribution in [2.24, 2.45) is 10.9 Å². The van der Waals surface area contributed by atoms with Crippen molar-refractivity contribution in [1.82, 2.24) is 0 Å². The zero-order chi connectivity index (χ0) is 13.0. The fourth-order valence-electron chi connectivity index (χ4n) is 1.83. The van der Waals surface area contributed by atoms with Gasteiger partial charge in [0.1, 0.15) is 11.9 Å². The summed E-state index contributed by atoms with van der Waals surface area (Å²) in [5.41, 5.74) is 6.14. The Morgan fingerprint density at radius 2 is 2.17 bits per heavy atom. The molecular weight excluding hydrogens is 256 g/mol. The summed E-state index contributed by atoms with van der Waals surface area (Å²) in [4.78, 5) is 0. The Hall–Kier alpha value is -1.46. The van der Waals surface area contributed by atoms with E-state index in [2.05, 4.69) is 5.16 Å². The van der Waals surface area contributed by atoms with Crippen molar-refractivity contribution in [3.05, 3.63) is 28.8 Å². The maximum atomic E-state index is 8.74. The van der Waals surface area contributed by atoms with E-state index in [1.807, 2.05) is 0 Å². The van der Waals surface area contributed by atoms with Gasteiger partial charge in [0.15, 0.2) is 5.84 Å². The first-order valence-corrected chi connectivity index (χ1v) is 6.10. The van der Waals surface area contributed by atoms with Crippen LogP contribution in [-0.4, -0.2) is 30.4 Å². The van der Waals surface area contributed by atoms with Gasteiger partial charge in [-0.05, 0) is 18.2 Å². The SMILES string of the molecule is NC(=NO)c1ccc(Cl)cc1OC1CCOCC1. The number of oxime groups is 1. The molecule has 1 aliphatic heterocycles. The largest absolute Gasteiger partial charge is 0.489 e. The molecule has 0 unspecified atom stereocenters. The van der Waals surface area contributed by atoms with Gasteiger partial charge in [0, 0.05) is 17.9 Å². The summed E-state index contributed by atoms with van der Waals surface area (Å²) in [5, 5.41) is 12.3. The van der Waals surface area contributed by atoms with E-state index >= 15 is 0 Å². The lowest BCUT2D eigenvalue weighted by molar-refractivity contribution is 0.0255. The van der Waals surface area contributed by atoms with E-state index in [4.69, 9.17) is 32.0 Å². The summed E-state index contributed by atoms with van der Waals surface area (Å²) < 4.78 is 11.1. The van der Waals surface area contributed by atoms with E-state index in [9.17, 15) is 0 Å². The average Bonchev–Trinajstić information content (AvgIpc) is 2.39. The maximum Gasteiger partial charge on any atom is 0.173 e. The zero-order valence-corrected chi connectivity index (χ0v) is 10.6. The van der Waals surface area contributed by atoms with Crippen LogP contribution >= 0.6 is 11.6 Å². The molecule has 2 rings (SSSR count). The molecular formula is C12H15ClN2O3. The number of ether oxygens (including phenoxy) is 2. The number of nitrogens with two attached hydrogens (primary N) is 1. The summed E-state index contributed by atoms with van der Waals surface area (Å²) in [5.74, 6) is 0.540. The third-order valence-electron chi connectivity index (χ3n) is 2.79. The molecule has 1 aliphatic rings. The Bertz CT molecular complexity index is 445. The second-order valence-electron chi connectivity index (χ2n) is 4.06. The normalized spacial score (nSPS) is 17.7. The topological polar surface area (TPSA) is 77.1 Å². The van der Waals surface area contributed by atoms with Crippen LogP contribution in [0.2, 0.25) is 5.02 Å². The number of hydrogen-bond acceptors (Lipinski definition) is 4. The van der Waals surface area contributed by atoms with Crippen LogP contribution < -0.4 is 10.5 Å².